The van der Waals surface area contributed by atoms with E-state index < -0.39 is 0 Å². The van der Waals surface area contributed by atoms with E-state index in [4.69, 9.17) is 0 Å². The maximum absolute atomic E-state index is 12.8. The molecule has 1 N–H and O–H groups in total. The Morgan fingerprint density at radius 2 is 1.77 bits per heavy atom. The number of benzene rings is 2. The van der Waals surface area contributed by atoms with E-state index in [9.17, 15) is 4.79 Å². The van der Waals surface area contributed by atoms with E-state index in [-0.39, 0.29) is 5.91 Å². The van der Waals surface area contributed by atoms with Crippen LogP contribution in [-0.4, -0.2) is 20.3 Å². The first-order valence-corrected chi connectivity index (χ1v) is 8.56. The summed E-state index contributed by atoms with van der Waals surface area (Å²) >= 11 is 0. The van der Waals surface area contributed by atoms with Crippen LogP contribution in [0, 0.1) is 6.92 Å². The highest BCUT2D eigenvalue weighted by molar-refractivity contribution is 6.06. The molecule has 2 aromatic heterocycles. The molecule has 2 aromatic carbocycles. The molecule has 2 heterocycles. The first-order chi connectivity index (χ1) is 12.6. The molecule has 0 bridgehead atoms. The average molecular weight is 344 g/mol. The largest absolute Gasteiger partial charge is 0.340 e. The van der Waals surface area contributed by atoms with Crippen LogP contribution in [0.15, 0.2) is 66.7 Å². The Morgan fingerprint density at radius 1 is 1.04 bits per heavy atom. The van der Waals surface area contributed by atoms with Gasteiger partial charge in [-0.25, -0.2) is 4.68 Å². The number of nitrogens with one attached hydrogen (secondary N) is 1. The lowest BCUT2D eigenvalue weighted by Crippen LogP contribution is -2.18. The van der Waals surface area contributed by atoms with E-state index in [1.54, 1.807) is 0 Å². The number of anilines is 1. The van der Waals surface area contributed by atoms with E-state index in [0.29, 0.717) is 18.1 Å². The number of amides is 1. The molecule has 0 aliphatic carbocycles. The topological polar surface area (TPSA) is 51.9 Å². The molecule has 0 unspecified atom stereocenters. The number of carbonyl (C=O) groups excluding carboxylic acids is 1. The van der Waals surface area contributed by atoms with Crippen LogP contribution in [0.25, 0.3) is 10.9 Å². The van der Waals surface area contributed by atoms with Crippen molar-refractivity contribution in [2.24, 2.45) is 7.05 Å². The number of hydrogen-bond donors (Lipinski definition) is 1. The minimum atomic E-state index is -0.141. The predicted molar refractivity (Wildman–Crippen MR) is 103 cm³/mol. The molecule has 0 saturated carbocycles. The summed E-state index contributed by atoms with van der Waals surface area (Å²) in [4.78, 5) is 12.8. The van der Waals surface area contributed by atoms with Gasteiger partial charge in [0.2, 0.25) is 0 Å². The van der Waals surface area contributed by atoms with Gasteiger partial charge in [0.25, 0.3) is 5.91 Å². The number of carbonyl (C=O) groups is 1. The second kappa shape index (κ2) is 6.52. The fraction of sp³-hybridized carbons (Fsp3) is 0.143. The molecule has 130 valence electrons. The van der Waals surface area contributed by atoms with Crippen LogP contribution in [-0.2, 0) is 13.6 Å². The highest BCUT2D eigenvalue weighted by Gasteiger charge is 2.16. The molecule has 4 rings (SSSR count). The number of aryl methyl sites for hydroxylation is 2. The summed E-state index contributed by atoms with van der Waals surface area (Å²) in [5, 5.41) is 8.57. The first-order valence-electron chi connectivity index (χ1n) is 8.56. The number of para-hydroxylation sites is 1. The Hall–Kier alpha value is -3.34. The fourth-order valence-corrected chi connectivity index (χ4v) is 3.21. The Bertz CT molecular complexity index is 1080. The monoisotopic (exact) mass is 344 g/mol. The predicted octanol–water partition coefficient (Wildman–Crippen LogP) is 3.98. The molecule has 0 atom stereocenters. The SMILES string of the molecule is Cc1cc(NC(=O)c2cc3ccccc3n2C)n(Cc2ccccc2)n1. The number of aromatic nitrogens is 3. The third-order valence-electron chi connectivity index (χ3n) is 4.50. The zero-order valence-corrected chi connectivity index (χ0v) is 14.8. The second-order valence-electron chi connectivity index (χ2n) is 6.42. The molecule has 0 aliphatic rings. The highest BCUT2D eigenvalue weighted by Crippen LogP contribution is 2.20. The van der Waals surface area contributed by atoms with Crippen LogP contribution in [0.5, 0.6) is 0 Å². The van der Waals surface area contributed by atoms with Crippen molar-refractivity contribution in [3.8, 4) is 0 Å². The minimum absolute atomic E-state index is 0.141. The maximum Gasteiger partial charge on any atom is 0.273 e. The van der Waals surface area contributed by atoms with E-state index in [2.05, 4.69) is 10.4 Å². The average Bonchev–Trinajstić information content (AvgIpc) is 3.16. The Kier molecular flexibility index (Phi) is 4.05. The molecule has 0 radical (unpaired) electrons. The molecule has 4 aromatic rings. The van der Waals surface area contributed by atoms with Crippen molar-refractivity contribution in [3.05, 3.63) is 83.7 Å². The molecule has 0 saturated heterocycles. The van der Waals surface area contributed by atoms with Gasteiger partial charge in [-0.1, -0.05) is 48.5 Å². The van der Waals surface area contributed by atoms with Crippen molar-refractivity contribution in [1.29, 1.82) is 0 Å². The highest BCUT2D eigenvalue weighted by atomic mass is 16.2. The van der Waals surface area contributed by atoms with Crippen molar-refractivity contribution in [3.63, 3.8) is 0 Å². The van der Waals surface area contributed by atoms with Crippen LogP contribution < -0.4 is 5.32 Å². The molecule has 5 nitrogen and oxygen atoms in total. The Morgan fingerprint density at radius 3 is 2.54 bits per heavy atom. The Balaban J connectivity index is 1.62. The van der Waals surface area contributed by atoms with Crippen LogP contribution >= 0.6 is 0 Å². The van der Waals surface area contributed by atoms with Gasteiger partial charge < -0.3 is 9.88 Å². The van der Waals surface area contributed by atoms with Gasteiger partial charge in [-0.2, -0.15) is 5.10 Å². The molecule has 5 heteroatoms. The molecule has 0 fully saturated rings. The summed E-state index contributed by atoms with van der Waals surface area (Å²) in [5.41, 5.74) is 3.66. The lowest BCUT2D eigenvalue weighted by Gasteiger charge is -2.10. The summed E-state index contributed by atoms with van der Waals surface area (Å²) < 4.78 is 3.74. The van der Waals surface area contributed by atoms with Crippen LogP contribution in [0.3, 0.4) is 0 Å². The van der Waals surface area contributed by atoms with E-state index >= 15 is 0 Å². The minimum Gasteiger partial charge on any atom is -0.340 e. The second-order valence-corrected chi connectivity index (χ2v) is 6.42. The van der Waals surface area contributed by atoms with Crippen molar-refractivity contribution >= 4 is 22.6 Å². The zero-order chi connectivity index (χ0) is 18.1. The molecule has 0 spiro atoms. The molecule has 26 heavy (non-hydrogen) atoms. The Labute approximate surface area is 151 Å². The van der Waals surface area contributed by atoms with Crippen molar-refractivity contribution in [1.82, 2.24) is 14.3 Å². The summed E-state index contributed by atoms with van der Waals surface area (Å²) in [6.07, 6.45) is 0. The fourth-order valence-electron chi connectivity index (χ4n) is 3.21. The zero-order valence-electron chi connectivity index (χ0n) is 14.8. The number of nitrogens with zero attached hydrogens (tertiary/aromatic N) is 3. The van der Waals surface area contributed by atoms with E-state index in [1.807, 2.05) is 90.0 Å². The van der Waals surface area contributed by atoms with E-state index in [1.165, 1.54) is 0 Å². The molecular weight excluding hydrogens is 324 g/mol. The van der Waals surface area contributed by atoms with Gasteiger partial charge in [0, 0.05) is 24.0 Å². The summed E-state index contributed by atoms with van der Waals surface area (Å²) in [6, 6.07) is 21.9. The van der Waals surface area contributed by atoms with Gasteiger partial charge in [0.15, 0.2) is 0 Å². The van der Waals surface area contributed by atoms with Gasteiger partial charge in [-0.15, -0.1) is 0 Å². The molecular formula is C21H20N4O. The number of fused-ring (bicyclic) bond motifs is 1. The maximum atomic E-state index is 12.8. The van der Waals surface area contributed by atoms with Gasteiger partial charge in [0.1, 0.15) is 11.5 Å². The standard InChI is InChI=1S/C21H20N4O/c1-15-12-20(25(23-15)14-16-8-4-3-5-9-16)22-21(26)19-13-17-10-6-7-11-18(17)24(19)2/h3-13H,14H2,1-2H3,(H,22,26). The lowest BCUT2D eigenvalue weighted by molar-refractivity contribution is 0.101. The van der Waals surface area contributed by atoms with Gasteiger partial charge in [-0.05, 0) is 24.6 Å². The van der Waals surface area contributed by atoms with Crippen LogP contribution in [0.1, 0.15) is 21.7 Å². The number of rotatable bonds is 4. The quantitative estimate of drug-likeness (QED) is 0.609. The lowest BCUT2D eigenvalue weighted by atomic mass is 10.2. The van der Waals surface area contributed by atoms with E-state index in [0.717, 1.165) is 22.2 Å². The third kappa shape index (κ3) is 2.99. The normalized spacial score (nSPS) is 11.0. The summed E-state index contributed by atoms with van der Waals surface area (Å²) in [5.74, 6) is 0.555. The van der Waals surface area contributed by atoms with Gasteiger partial charge in [-0.3, -0.25) is 4.79 Å². The molecule has 1 amide bonds. The summed E-state index contributed by atoms with van der Waals surface area (Å²) in [7, 11) is 1.91. The number of hydrogen-bond acceptors (Lipinski definition) is 2. The van der Waals surface area contributed by atoms with Crippen LogP contribution in [0.4, 0.5) is 5.82 Å². The molecule has 0 aliphatic heterocycles. The first kappa shape index (κ1) is 16.1. The van der Waals surface area contributed by atoms with Crippen molar-refractivity contribution in [2.45, 2.75) is 13.5 Å². The van der Waals surface area contributed by atoms with Crippen LogP contribution in [0.2, 0.25) is 0 Å². The van der Waals surface area contributed by atoms with Crippen molar-refractivity contribution in [2.75, 3.05) is 5.32 Å². The summed E-state index contributed by atoms with van der Waals surface area (Å²) in [6.45, 7) is 2.54. The van der Waals surface area contributed by atoms with Gasteiger partial charge in [0.05, 0.1) is 12.2 Å². The smallest absolute Gasteiger partial charge is 0.273 e. The van der Waals surface area contributed by atoms with Crippen molar-refractivity contribution < 1.29 is 4.79 Å². The van der Waals surface area contributed by atoms with Gasteiger partial charge >= 0.3 is 0 Å². The third-order valence-corrected chi connectivity index (χ3v) is 4.50.